The first kappa shape index (κ1) is 19.6. The third-order valence-corrected chi connectivity index (χ3v) is 4.80. The van der Waals surface area contributed by atoms with Crippen molar-refractivity contribution >= 4 is 21.8 Å². The van der Waals surface area contributed by atoms with E-state index in [1.54, 1.807) is 12.1 Å². The molecule has 0 bridgehead atoms. The van der Waals surface area contributed by atoms with Crippen LogP contribution in [0.3, 0.4) is 0 Å². The molecule has 0 spiro atoms. The van der Waals surface area contributed by atoms with Gasteiger partial charge in [0.2, 0.25) is 10.0 Å². The van der Waals surface area contributed by atoms with Gasteiger partial charge in [-0.05, 0) is 49.2 Å². The van der Waals surface area contributed by atoms with Crippen molar-refractivity contribution in [2.75, 3.05) is 13.7 Å². The fraction of sp³-hybridized carbons (Fsp3) is 0.222. The van der Waals surface area contributed by atoms with Crippen LogP contribution in [0.15, 0.2) is 41.3 Å². The number of carbonyl (C=O) groups excluding carboxylic acids is 2. The van der Waals surface area contributed by atoms with Gasteiger partial charge in [0, 0.05) is 5.56 Å². The molecule has 26 heavy (non-hydrogen) atoms. The Morgan fingerprint density at radius 2 is 1.65 bits per heavy atom. The van der Waals surface area contributed by atoms with E-state index >= 15 is 0 Å². The van der Waals surface area contributed by atoms with Crippen molar-refractivity contribution in [2.24, 2.45) is 5.14 Å². The van der Waals surface area contributed by atoms with E-state index < -0.39 is 22.6 Å². The average molecular weight is 377 g/mol. The van der Waals surface area contributed by atoms with E-state index in [0.29, 0.717) is 5.56 Å². The number of nitrogens with two attached hydrogens (primary N) is 1. The van der Waals surface area contributed by atoms with Gasteiger partial charge >= 0.3 is 5.97 Å². The Balaban J connectivity index is 2.15. The third-order valence-electron chi connectivity index (χ3n) is 3.87. The lowest BCUT2D eigenvalue weighted by atomic mass is 10.0. The second-order valence-electron chi connectivity index (χ2n) is 5.71. The van der Waals surface area contributed by atoms with Crippen LogP contribution >= 0.6 is 0 Å². The van der Waals surface area contributed by atoms with Crippen LogP contribution in [0.1, 0.15) is 31.8 Å². The topological polar surface area (TPSA) is 113 Å². The molecule has 0 fully saturated rings. The zero-order chi connectivity index (χ0) is 19.5. The van der Waals surface area contributed by atoms with Crippen LogP contribution in [0.25, 0.3) is 0 Å². The van der Waals surface area contributed by atoms with Crippen molar-refractivity contribution in [2.45, 2.75) is 18.7 Å². The number of hydrogen-bond donors (Lipinski definition) is 1. The van der Waals surface area contributed by atoms with E-state index in [2.05, 4.69) is 0 Å². The van der Waals surface area contributed by atoms with Crippen LogP contribution < -0.4 is 9.88 Å². The molecule has 8 heteroatoms. The van der Waals surface area contributed by atoms with Gasteiger partial charge in [-0.1, -0.05) is 12.1 Å². The molecule has 0 heterocycles. The van der Waals surface area contributed by atoms with E-state index in [-0.39, 0.29) is 22.0 Å². The fourth-order valence-corrected chi connectivity index (χ4v) is 2.96. The zero-order valence-electron chi connectivity index (χ0n) is 14.6. The predicted molar refractivity (Wildman–Crippen MR) is 94.9 cm³/mol. The largest absolute Gasteiger partial charge is 0.495 e. The van der Waals surface area contributed by atoms with Gasteiger partial charge in [-0.3, -0.25) is 4.79 Å². The lowest BCUT2D eigenvalue weighted by Gasteiger charge is -2.09. The van der Waals surface area contributed by atoms with E-state index in [1.807, 2.05) is 19.9 Å². The standard InChI is InChI=1S/C18H19NO6S/c1-11-4-5-13(8-12(11)2)15(20)10-25-18(21)14-6-7-16(24-3)17(9-14)26(19,22)23/h4-9H,10H2,1-3H3,(H2,19,22,23). The van der Waals surface area contributed by atoms with Crippen LogP contribution in [0.2, 0.25) is 0 Å². The summed E-state index contributed by atoms with van der Waals surface area (Å²) in [5, 5.41) is 5.11. The van der Waals surface area contributed by atoms with Gasteiger partial charge in [-0.15, -0.1) is 0 Å². The van der Waals surface area contributed by atoms with Gasteiger partial charge in [0.05, 0.1) is 12.7 Å². The molecule has 0 unspecified atom stereocenters. The minimum absolute atomic E-state index is 0.00950. The third kappa shape index (κ3) is 4.47. The molecule has 0 aliphatic carbocycles. The molecule has 0 aliphatic heterocycles. The van der Waals surface area contributed by atoms with E-state index in [9.17, 15) is 18.0 Å². The molecule has 2 aromatic carbocycles. The highest BCUT2D eigenvalue weighted by Crippen LogP contribution is 2.24. The average Bonchev–Trinajstić information content (AvgIpc) is 2.60. The molecule has 0 atom stereocenters. The van der Waals surface area contributed by atoms with Gasteiger partial charge in [0.1, 0.15) is 10.6 Å². The van der Waals surface area contributed by atoms with Crippen molar-refractivity contribution < 1.29 is 27.5 Å². The van der Waals surface area contributed by atoms with Gasteiger partial charge < -0.3 is 9.47 Å². The van der Waals surface area contributed by atoms with Crippen LogP contribution in [0.4, 0.5) is 0 Å². The summed E-state index contributed by atoms with van der Waals surface area (Å²) in [6.45, 7) is 3.35. The number of ether oxygens (including phenoxy) is 2. The molecule has 0 aromatic heterocycles. The van der Waals surface area contributed by atoms with Crippen LogP contribution in [-0.2, 0) is 14.8 Å². The number of esters is 1. The Bertz CT molecular complexity index is 966. The number of benzene rings is 2. The number of hydrogen-bond acceptors (Lipinski definition) is 6. The summed E-state index contributed by atoms with van der Waals surface area (Å²) in [6, 6.07) is 8.87. The summed E-state index contributed by atoms with van der Waals surface area (Å²) < 4.78 is 33.1. The SMILES string of the molecule is COc1ccc(C(=O)OCC(=O)c2ccc(C)c(C)c2)cc1S(N)(=O)=O. The molecule has 0 amide bonds. The molecule has 138 valence electrons. The number of carbonyl (C=O) groups is 2. The minimum atomic E-state index is -4.08. The molecular formula is C18H19NO6S. The molecule has 0 aliphatic rings. The summed E-state index contributed by atoms with van der Waals surface area (Å²) in [7, 11) is -2.80. The second kappa shape index (κ2) is 7.67. The van der Waals surface area contributed by atoms with Gasteiger partial charge in [0.25, 0.3) is 0 Å². The molecular weight excluding hydrogens is 358 g/mol. The normalized spacial score (nSPS) is 11.1. The molecule has 0 radical (unpaired) electrons. The molecule has 2 rings (SSSR count). The zero-order valence-corrected chi connectivity index (χ0v) is 15.4. The number of primary sulfonamides is 1. The Hall–Kier alpha value is -2.71. The first-order chi connectivity index (χ1) is 12.1. The fourth-order valence-electron chi connectivity index (χ4n) is 2.24. The number of rotatable bonds is 6. The number of ketones is 1. The van der Waals surface area contributed by atoms with Crippen molar-refractivity contribution in [1.82, 2.24) is 0 Å². The van der Waals surface area contributed by atoms with Crippen LogP contribution in [-0.4, -0.2) is 33.9 Å². The molecule has 0 saturated heterocycles. The summed E-state index contributed by atoms with van der Waals surface area (Å²) >= 11 is 0. The van der Waals surface area contributed by atoms with Crippen LogP contribution in [0.5, 0.6) is 5.75 Å². The van der Waals surface area contributed by atoms with E-state index in [0.717, 1.165) is 17.2 Å². The number of Topliss-reactive ketones (excluding diaryl/α,β-unsaturated/α-hetero) is 1. The molecule has 0 saturated carbocycles. The Morgan fingerprint density at radius 3 is 2.23 bits per heavy atom. The van der Waals surface area contributed by atoms with Crippen molar-refractivity contribution in [3.05, 3.63) is 58.7 Å². The molecule has 2 N–H and O–H groups in total. The highest BCUT2D eigenvalue weighted by molar-refractivity contribution is 7.89. The van der Waals surface area contributed by atoms with Gasteiger partial charge in [-0.25, -0.2) is 18.4 Å². The Morgan fingerprint density at radius 1 is 1.00 bits per heavy atom. The highest BCUT2D eigenvalue weighted by Gasteiger charge is 2.19. The number of aryl methyl sites for hydroxylation is 2. The quantitative estimate of drug-likeness (QED) is 0.608. The summed E-state index contributed by atoms with van der Waals surface area (Å²) in [5.74, 6) is -1.19. The maximum atomic E-state index is 12.2. The van der Waals surface area contributed by atoms with Crippen molar-refractivity contribution in [3.63, 3.8) is 0 Å². The second-order valence-corrected chi connectivity index (χ2v) is 7.24. The highest BCUT2D eigenvalue weighted by atomic mass is 32.2. The Kier molecular flexibility index (Phi) is 5.79. The van der Waals surface area contributed by atoms with E-state index in [4.69, 9.17) is 14.6 Å². The maximum absolute atomic E-state index is 12.2. The molecule has 7 nitrogen and oxygen atoms in total. The smallest absolute Gasteiger partial charge is 0.338 e. The van der Waals surface area contributed by atoms with Crippen molar-refractivity contribution in [3.8, 4) is 5.75 Å². The summed E-state index contributed by atoms with van der Waals surface area (Å²) in [4.78, 5) is 23.9. The minimum Gasteiger partial charge on any atom is -0.495 e. The monoisotopic (exact) mass is 377 g/mol. The van der Waals surface area contributed by atoms with Crippen LogP contribution in [0, 0.1) is 13.8 Å². The first-order valence-electron chi connectivity index (χ1n) is 7.62. The summed E-state index contributed by atoms with van der Waals surface area (Å²) in [5.41, 5.74) is 2.38. The number of sulfonamides is 1. The Labute approximate surface area is 151 Å². The lowest BCUT2D eigenvalue weighted by Crippen LogP contribution is -2.17. The van der Waals surface area contributed by atoms with Crippen molar-refractivity contribution in [1.29, 1.82) is 0 Å². The molecule has 2 aromatic rings. The van der Waals surface area contributed by atoms with Gasteiger partial charge in [-0.2, -0.15) is 0 Å². The van der Waals surface area contributed by atoms with Gasteiger partial charge in [0.15, 0.2) is 12.4 Å². The van der Waals surface area contributed by atoms with E-state index in [1.165, 1.54) is 19.2 Å². The number of methoxy groups -OCH3 is 1. The first-order valence-corrected chi connectivity index (χ1v) is 9.16. The predicted octanol–water partition coefficient (Wildman–Crippen LogP) is 2.00. The maximum Gasteiger partial charge on any atom is 0.338 e. The summed E-state index contributed by atoms with van der Waals surface area (Å²) in [6.07, 6.45) is 0. The lowest BCUT2D eigenvalue weighted by molar-refractivity contribution is 0.0474.